The maximum absolute atomic E-state index is 13.2. The van der Waals surface area contributed by atoms with Crippen LogP contribution in [0.3, 0.4) is 0 Å². The second kappa shape index (κ2) is 16.3. The topological polar surface area (TPSA) is 241 Å². The molecular weight excluding hydrogens is 710 g/mol. The van der Waals surface area contributed by atoms with E-state index in [2.05, 4.69) is 25.9 Å². The number of aromatic nitrogens is 2. The summed E-state index contributed by atoms with van der Waals surface area (Å²) in [5, 5.41) is 31.9. The molecule has 3 amide bonds. The average molecular weight is 743 g/mol. The number of benzene rings is 2. The van der Waals surface area contributed by atoms with Gasteiger partial charge in [0.25, 0.3) is 11.8 Å². The van der Waals surface area contributed by atoms with Gasteiger partial charge in [0.15, 0.2) is 5.96 Å². The van der Waals surface area contributed by atoms with Gasteiger partial charge in [0.05, 0.1) is 16.6 Å². The van der Waals surface area contributed by atoms with Crippen molar-refractivity contribution in [2.45, 2.75) is 70.0 Å². The molecule has 2 heterocycles. The summed E-state index contributed by atoms with van der Waals surface area (Å²) in [6.45, 7) is 3.48. The quantitative estimate of drug-likeness (QED) is 0.0820. The minimum atomic E-state index is -5.08. The van der Waals surface area contributed by atoms with Gasteiger partial charge in [0.2, 0.25) is 11.9 Å². The number of nitrogens with one attached hydrogen (secondary N) is 4. The number of imide groups is 1. The molecule has 5 rings (SSSR count). The molecule has 1 aromatic heterocycles. The van der Waals surface area contributed by atoms with Crippen molar-refractivity contribution in [2.24, 2.45) is 5.73 Å². The highest BCUT2D eigenvalue weighted by atomic mass is 19.4. The first-order valence-corrected chi connectivity index (χ1v) is 15.1. The third-order valence-electron chi connectivity index (χ3n) is 7.59. The molecule has 21 heteroatoms. The number of carbonyl (C=O) groups excluding carboxylic acids is 3. The van der Waals surface area contributed by atoms with Gasteiger partial charge >= 0.3 is 24.3 Å². The van der Waals surface area contributed by atoms with Gasteiger partial charge in [-0.1, -0.05) is 36.6 Å². The number of amides is 3. The largest absolute Gasteiger partial charge is 0.490 e. The highest BCUT2D eigenvalue weighted by Crippen LogP contribution is 2.29. The summed E-state index contributed by atoms with van der Waals surface area (Å²) in [4.78, 5) is 66.8. The van der Waals surface area contributed by atoms with Crippen LogP contribution < -0.4 is 21.7 Å². The monoisotopic (exact) mass is 742 g/mol. The molecule has 1 saturated carbocycles. The number of alkyl halides is 6. The first-order chi connectivity index (χ1) is 24.1. The number of hydrogen-bond donors (Lipinski definition) is 7. The minimum Gasteiger partial charge on any atom is -0.475 e. The van der Waals surface area contributed by atoms with Crippen molar-refractivity contribution < 1.29 is 60.5 Å². The molecule has 52 heavy (non-hydrogen) atoms. The van der Waals surface area contributed by atoms with Crippen LogP contribution in [0.25, 0.3) is 10.9 Å². The molecule has 1 aliphatic carbocycles. The number of anilines is 2. The van der Waals surface area contributed by atoms with Crippen molar-refractivity contribution in [1.29, 1.82) is 5.41 Å². The van der Waals surface area contributed by atoms with E-state index in [1.54, 1.807) is 24.3 Å². The Balaban J connectivity index is 0.000000441. The zero-order chi connectivity index (χ0) is 39.1. The summed E-state index contributed by atoms with van der Waals surface area (Å²) in [7, 11) is 0. The van der Waals surface area contributed by atoms with Crippen LogP contribution in [0.15, 0.2) is 42.5 Å². The van der Waals surface area contributed by atoms with E-state index >= 15 is 0 Å². The van der Waals surface area contributed by atoms with Crippen molar-refractivity contribution in [3.05, 3.63) is 59.2 Å². The molecule has 3 aromatic rings. The Labute approximate surface area is 290 Å². The normalized spacial score (nSPS) is 17.4. The Morgan fingerprint density at radius 1 is 0.904 bits per heavy atom. The number of aliphatic carboxylic acids is 2. The third kappa shape index (κ3) is 10.3. The number of nitrogens with two attached hydrogens (primary N) is 1. The third-order valence-corrected chi connectivity index (χ3v) is 7.59. The predicted octanol–water partition coefficient (Wildman–Crippen LogP) is 4.03. The summed E-state index contributed by atoms with van der Waals surface area (Å²) in [5.41, 5.74) is 7.83. The molecule has 8 N–H and O–H groups in total. The van der Waals surface area contributed by atoms with Crippen molar-refractivity contribution in [3.8, 4) is 0 Å². The number of guanidine groups is 1. The standard InChI is InChI=1S/C27H30N8O3.2C2HF3O2/c1-14-11-12-19-18(13-14)22(30-20-9-5-6-10-21(20)31-26(28)29)33-27(32-19)34-23(36)15(2)35-24(37)16-7-3-4-8-17(16)25(35)38;2*3-2(4,5)1(6)7/h3-4,7-8,11-13,15,20-21H,5-6,9-10H2,1-2H3,(H4,28,29,31)(H2,30,32,33,34,36);2*(H,6,7). The maximum atomic E-state index is 13.2. The van der Waals surface area contributed by atoms with E-state index in [4.69, 9.17) is 30.9 Å². The van der Waals surface area contributed by atoms with Crippen LogP contribution in [-0.2, 0) is 14.4 Å². The van der Waals surface area contributed by atoms with Gasteiger partial charge in [-0.05, 0) is 51.0 Å². The molecule has 280 valence electrons. The van der Waals surface area contributed by atoms with E-state index in [9.17, 15) is 40.7 Å². The number of fused-ring (bicyclic) bond motifs is 2. The zero-order valence-electron chi connectivity index (χ0n) is 27.2. The van der Waals surface area contributed by atoms with Gasteiger partial charge < -0.3 is 26.6 Å². The fraction of sp³-hybridized carbons (Fsp3) is 0.355. The van der Waals surface area contributed by atoms with Crippen molar-refractivity contribution >= 4 is 58.3 Å². The number of rotatable bonds is 6. The van der Waals surface area contributed by atoms with Gasteiger partial charge in [0, 0.05) is 17.5 Å². The lowest BCUT2D eigenvalue weighted by atomic mass is 9.90. The van der Waals surface area contributed by atoms with Gasteiger partial charge in [-0.15, -0.1) is 0 Å². The van der Waals surface area contributed by atoms with Gasteiger partial charge in [0.1, 0.15) is 11.9 Å². The van der Waals surface area contributed by atoms with Gasteiger partial charge in [-0.3, -0.25) is 30.0 Å². The van der Waals surface area contributed by atoms with E-state index in [1.165, 1.54) is 6.92 Å². The smallest absolute Gasteiger partial charge is 0.475 e. The van der Waals surface area contributed by atoms with E-state index < -0.39 is 48.1 Å². The van der Waals surface area contributed by atoms with Crippen molar-refractivity contribution in [2.75, 3.05) is 10.6 Å². The first kappa shape index (κ1) is 40.4. The minimum absolute atomic E-state index is 0.0351. The number of nitrogens with zero attached hydrogens (tertiary/aromatic N) is 3. The van der Waals surface area contributed by atoms with Crippen LogP contribution in [0, 0.1) is 12.3 Å². The highest BCUT2D eigenvalue weighted by molar-refractivity contribution is 6.23. The number of hydrogen-bond acceptors (Lipinski definition) is 9. The molecule has 2 aromatic carbocycles. The lowest BCUT2D eigenvalue weighted by molar-refractivity contribution is -0.193. The summed E-state index contributed by atoms with van der Waals surface area (Å²) < 4.78 is 63.5. The Kier molecular flexibility index (Phi) is 12.7. The highest BCUT2D eigenvalue weighted by Gasteiger charge is 2.41. The molecule has 3 atom stereocenters. The van der Waals surface area contributed by atoms with Crippen molar-refractivity contribution in [1.82, 2.24) is 20.2 Å². The molecule has 0 bridgehead atoms. The van der Waals surface area contributed by atoms with E-state index in [1.807, 2.05) is 25.1 Å². The second-order valence-electron chi connectivity index (χ2n) is 11.4. The maximum Gasteiger partial charge on any atom is 0.490 e. The van der Waals surface area contributed by atoms with E-state index in [0.29, 0.717) is 11.3 Å². The number of carboxylic acids is 2. The molecule has 1 fully saturated rings. The summed E-state index contributed by atoms with van der Waals surface area (Å²) in [5.74, 6) is -6.58. The number of carbonyl (C=O) groups is 5. The van der Waals surface area contributed by atoms with Crippen LogP contribution >= 0.6 is 0 Å². The van der Waals surface area contributed by atoms with Gasteiger partial charge in [-0.2, -0.15) is 31.3 Å². The fourth-order valence-corrected chi connectivity index (χ4v) is 5.15. The van der Waals surface area contributed by atoms with E-state index in [0.717, 1.165) is 41.5 Å². The molecule has 0 saturated heterocycles. The second-order valence-corrected chi connectivity index (χ2v) is 11.4. The summed E-state index contributed by atoms with van der Waals surface area (Å²) >= 11 is 0. The van der Waals surface area contributed by atoms with Crippen LogP contribution in [0.4, 0.5) is 38.1 Å². The molecule has 15 nitrogen and oxygen atoms in total. The Morgan fingerprint density at radius 3 is 1.88 bits per heavy atom. The molecule has 2 aliphatic rings. The number of carboxylic acid groups (broad SMARTS) is 2. The number of halogens is 6. The SMILES string of the molecule is Cc1ccc2nc(NC(=O)C(C)N3C(=O)c4ccccc4C3=O)nc(NC3CCCCC3NC(=N)N)c2c1.O=C(O)C(F)(F)F.O=C(O)C(F)(F)F. The Hall–Kier alpha value is -6.02. The molecule has 1 aliphatic heterocycles. The molecule has 0 spiro atoms. The fourth-order valence-electron chi connectivity index (χ4n) is 5.15. The van der Waals surface area contributed by atoms with Crippen LogP contribution in [0.1, 0.15) is 58.9 Å². The van der Waals surface area contributed by atoms with Crippen LogP contribution in [0.5, 0.6) is 0 Å². The van der Waals surface area contributed by atoms with Crippen LogP contribution in [0.2, 0.25) is 0 Å². The molecule has 0 radical (unpaired) electrons. The summed E-state index contributed by atoms with van der Waals surface area (Å²) in [6, 6.07) is 11.1. The first-order valence-electron chi connectivity index (χ1n) is 15.1. The van der Waals surface area contributed by atoms with E-state index in [-0.39, 0.29) is 35.1 Å². The summed E-state index contributed by atoms with van der Waals surface area (Å²) in [6.07, 6.45) is -6.39. The number of aryl methyl sites for hydroxylation is 1. The Morgan fingerprint density at radius 2 is 1.40 bits per heavy atom. The lowest BCUT2D eigenvalue weighted by Crippen LogP contribution is -2.50. The van der Waals surface area contributed by atoms with Crippen LogP contribution in [-0.4, -0.2) is 91.2 Å². The average Bonchev–Trinajstić information content (AvgIpc) is 3.30. The molecular formula is C31H32F6N8O7. The van der Waals surface area contributed by atoms with Crippen molar-refractivity contribution in [3.63, 3.8) is 0 Å². The molecule has 3 unspecified atom stereocenters. The van der Waals surface area contributed by atoms with Gasteiger partial charge in [-0.25, -0.2) is 14.6 Å². The lowest BCUT2D eigenvalue weighted by Gasteiger charge is -2.33. The zero-order valence-corrected chi connectivity index (χ0v) is 27.2. The Bertz CT molecular complexity index is 1810. The predicted molar refractivity (Wildman–Crippen MR) is 171 cm³/mol.